The Kier molecular flexibility index (Phi) is 5.74. The molecule has 0 radical (unpaired) electrons. The van der Waals surface area contributed by atoms with Crippen LogP contribution in [0.1, 0.15) is 72.1 Å². The number of hydrogen-bond acceptors (Lipinski definition) is 1. The molecule has 2 saturated carbocycles. The van der Waals surface area contributed by atoms with Crippen LogP contribution in [-0.4, -0.2) is 6.54 Å². The third-order valence-electron chi connectivity index (χ3n) is 6.41. The van der Waals surface area contributed by atoms with Gasteiger partial charge >= 0.3 is 0 Å². The van der Waals surface area contributed by atoms with Gasteiger partial charge in [0, 0.05) is 0 Å². The lowest BCUT2D eigenvalue weighted by Gasteiger charge is -2.43. The summed E-state index contributed by atoms with van der Waals surface area (Å²) in [6.45, 7) is 8.13. The molecule has 2 aliphatic rings. The van der Waals surface area contributed by atoms with E-state index in [1.807, 2.05) is 0 Å². The fourth-order valence-corrected chi connectivity index (χ4v) is 4.80. The van der Waals surface area contributed by atoms with Crippen LogP contribution in [0.15, 0.2) is 0 Å². The molecule has 0 aromatic rings. The minimum absolute atomic E-state index is 0.832. The topological polar surface area (TPSA) is 26.0 Å². The maximum atomic E-state index is 6.08. The Labute approximate surface area is 120 Å². The van der Waals surface area contributed by atoms with Crippen molar-refractivity contribution in [1.82, 2.24) is 0 Å². The Balaban J connectivity index is 1.94. The van der Waals surface area contributed by atoms with Crippen molar-refractivity contribution in [2.45, 2.75) is 72.1 Å². The van der Waals surface area contributed by atoms with Gasteiger partial charge in [0.1, 0.15) is 0 Å². The van der Waals surface area contributed by atoms with Crippen molar-refractivity contribution < 1.29 is 0 Å². The van der Waals surface area contributed by atoms with Gasteiger partial charge in [-0.1, -0.05) is 40.0 Å². The van der Waals surface area contributed by atoms with E-state index in [9.17, 15) is 0 Å². The molecule has 0 amide bonds. The summed E-state index contributed by atoms with van der Waals surface area (Å²) >= 11 is 0. The lowest BCUT2D eigenvalue weighted by molar-refractivity contribution is 0.0733. The van der Waals surface area contributed by atoms with Crippen LogP contribution >= 0.6 is 0 Å². The first-order valence-electron chi connectivity index (χ1n) is 8.85. The van der Waals surface area contributed by atoms with Crippen LogP contribution in [0.3, 0.4) is 0 Å². The van der Waals surface area contributed by atoms with Crippen molar-refractivity contribution in [3.05, 3.63) is 0 Å². The summed E-state index contributed by atoms with van der Waals surface area (Å²) in [7, 11) is 0. The highest BCUT2D eigenvalue weighted by Crippen LogP contribution is 2.46. The van der Waals surface area contributed by atoms with Gasteiger partial charge in [0.2, 0.25) is 0 Å². The van der Waals surface area contributed by atoms with Gasteiger partial charge in [0.25, 0.3) is 0 Å². The highest BCUT2D eigenvalue weighted by atomic mass is 14.6. The fourth-order valence-electron chi connectivity index (χ4n) is 4.80. The molecule has 0 spiro atoms. The second kappa shape index (κ2) is 7.11. The van der Waals surface area contributed by atoms with Crippen molar-refractivity contribution in [1.29, 1.82) is 0 Å². The van der Waals surface area contributed by atoms with Gasteiger partial charge in [-0.2, -0.15) is 0 Å². The summed E-state index contributed by atoms with van der Waals surface area (Å²) in [4.78, 5) is 0. The van der Waals surface area contributed by atoms with Crippen LogP contribution in [0.2, 0.25) is 0 Å². The van der Waals surface area contributed by atoms with Crippen molar-refractivity contribution in [2.75, 3.05) is 6.54 Å². The molecule has 1 heteroatoms. The van der Waals surface area contributed by atoms with E-state index in [0.717, 1.165) is 42.1 Å². The van der Waals surface area contributed by atoms with Gasteiger partial charge in [-0.05, 0) is 74.2 Å². The van der Waals surface area contributed by atoms with E-state index >= 15 is 0 Å². The maximum absolute atomic E-state index is 6.08. The van der Waals surface area contributed by atoms with Gasteiger partial charge in [-0.15, -0.1) is 0 Å². The third kappa shape index (κ3) is 3.74. The Morgan fingerprint density at radius 3 is 2.21 bits per heavy atom. The molecule has 0 aliphatic heterocycles. The molecule has 2 fully saturated rings. The summed E-state index contributed by atoms with van der Waals surface area (Å²) in [5, 5.41) is 0. The van der Waals surface area contributed by atoms with Gasteiger partial charge in [0.15, 0.2) is 0 Å². The van der Waals surface area contributed by atoms with Crippen LogP contribution in [0.5, 0.6) is 0 Å². The van der Waals surface area contributed by atoms with Gasteiger partial charge < -0.3 is 5.73 Å². The molecule has 3 unspecified atom stereocenters. The molecule has 112 valence electrons. The van der Waals surface area contributed by atoms with Crippen molar-refractivity contribution in [3.63, 3.8) is 0 Å². The van der Waals surface area contributed by atoms with Crippen LogP contribution in [0, 0.1) is 35.5 Å². The largest absolute Gasteiger partial charge is 0.330 e. The molecule has 19 heavy (non-hydrogen) atoms. The number of hydrogen-bond donors (Lipinski definition) is 1. The average Bonchev–Trinajstić information content (AvgIpc) is 2.46. The normalized spacial score (nSPS) is 40.6. The molecule has 2 aliphatic carbocycles. The van der Waals surface area contributed by atoms with Gasteiger partial charge in [-0.25, -0.2) is 0 Å². The SMILES string of the molecule is CCC1CCC(C2CC(C(C)C)CCC2CN)CC1. The van der Waals surface area contributed by atoms with E-state index in [2.05, 4.69) is 20.8 Å². The summed E-state index contributed by atoms with van der Waals surface area (Å²) in [5.74, 6) is 5.64. The number of nitrogens with two attached hydrogens (primary N) is 1. The Morgan fingerprint density at radius 2 is 1.68 bits per heavy atom. The second-order valence-corrected chi connectivity index (χ2v) is 7.67. The van der Waals surface area contributed by atoms with E-state index < -0.39 is 0 Å². The minimum atomic E-state index is 0.832. The van der Waals surface area contributed by atoms with Crippen molar-refractivity contribution in [2.24, 2.45) is 41.2 Å². The quantitative estimate of drug-likeness (QED) is 0.772. The molecular formula is C18H35N. The molecular weight excluding hydrogens is 230 g/mol. The van der Waals surface area contributed by atoms with E-state index in [0.29, 0.717) is 0 Å². The van der Waals surface area contributed by atoms with E-state index in [4.69, 9.17) is 5.73 Å². The van der Waals surface area contributed by atoms with Crippen molar-refractivity contribution >= 4 is 0 Å². The summed E-state index contributed by atoms with van der Waals surface area (Å²) < 4.78 is 0. The molecule has 0 aromatic heterocycles. The minimum Gasteiger partial charge on any atom is -0.330 e. The van der Waals surface area contributed by atoms with E-state index in [1.54, 1.807) is 0 Å². The van der Waals surface area contributed by atoms with Crippen LogP contribution in [-0.2, 0) is 0 Å². The average molecular weight is 265 g/mol. The lowest BCUT2D eigenvalue weighted by Crippen LogP contribution is -2.37. The first-order valence-corrected chi connectivity index (χ1v) is 8.85. The van der Waals surface area contributed by atoms with Crippen molar-refractivity contribution in [3.8, 4) is 0 Å². The monoisotopic (exact) mass is 265 g/mol. The predicted octanol–water partition coefficient (Wildman–Crippen LogP) is 4.85. The zero-order valence-corrected chi connectivity index (χ0v) is 13.4. The van der Waals surface area contributed by atoms with Crippen LogP contribution < -0.4 is 5.73 Å². The standard InChI is InChI=1S/C18H35N/c1-4-14-5-7-15(8-6-14)18-11-16(13(2)3)9-10-17(18)12-19/h13-18H,4-12,19H2,1-3H3. The summed E-state index contributed by atoms with van der Waals surface area (Å²) in [5.41, 5.74) is 6.08. The highest BCUT2D eigenvalue weighted by molar-refractivity contribution is 4.88. The molecule has 2 N–H and O–H groups in total. The first-order chi connectivity index (χ1) is 9.15. The molecule has 2 rings (SSSR count). The fraction of sp³-hybridized carbons (Fsp3) is 1.00. The lowest BCUT2D eigenvalue weighted by atomic mass is 9.62. The number of rotatable bonds is 4. The van der Waals surface area contributed by atoms with E-state index in [1.165, 1.54) is 51.4 Å². The molecule has 3 atom stereocenters. The first kappa shape index (κ1) is 15.4. The second-order valence-electron chi connectivity index (χ2n) is 7.67. The Morgan fingerprint density at radius 1 is 1.00 bits per heavy atom. The van der Waals surface area contributed by atoms with Gasteiger partial charge in [-0.3, -0.25) is 0 Å². The smallest absolute Gasteiger partial charge is 0.00461 e. The van der Waals surface area contributed by atoms with Crippen LogP contribution in [0.4, 0.5) is 0 Å². The Hall–Kier alpha value is -0.0400. The zero-order valence-electron chi connectivity index (χ0n) is 13.4. The predicted molar refractivity (Wildman–Crippen MR) is 84.0 cm³/mol. The molecule has 0 saturated heterocycles. The summed E-state index contributed by atoms with van der Waals surface area (Å²) in [6, 6.07) is 0. The Bertz CT molecular complexity index is 252. The third-order valence-corrected chi connectivity index (χ3v) is 6.41. The van der Waals surface area contributed by atoms with E-state index in [-0.39, 0.29) is 0 Å². The molecule has 0 aromatic carbocycles. The van der Waals surface area contributed by atoms with Gasteiger partial charge in [0.05, 0.1) is 0 Å². The zero-order chi connectivity index (χ0) is 13.8. The highest BCUT2D eigenvalue weighted by Gasteiger charge is 2.37. The molecule has 1 nitrogen and oxygen atoms in total. The molecule has 0 heterocycles. The maximum Gasteiger partial charge on any atom is -0.00461 e. The summed E-state index contributed by atoms with van der Waals surface area (Å²) in [6.07, 6.45) is 11.7. The van der Waals surface area contributed by atoms with Crippen LogP contribution in [0.25, 0.3) is 0 Å². The molecule has 0 bridgehead atoms.